The summed E-state index contributed by atoms with van der Waals surface area (Å²) in [6.45, 7) is 7.31. The van der Waals surface area contributed by atoms with Crippen LogP contribution in [0.25, 0.3) is 11.4 Å². The van der Waals surface area contributed by atoms with E-state index in [0.29, 0.717) is 17.7 Å². The Morgan fingerprint density at radius 2 is 2.11 bits per heavy atom. The van der Waals surface area contributed by atoms with Gasteiger partial charge < -0.3 is 9.88 Å². The molecule has 6 heteroatoms. The van der Waals surface area contributed by atoms with Gasteiger partial charge in [-0.15, -0.1) is 10.2 Å². The van der Waals surface area contributed by atoms with E-state index in [1.807, 2.05) is 6.07 Å². The molecule has 146 valence electrons. The summed E-state index contributed by atoms with van der Waals surface area (Å²) in [5, 5.41) is 12.8. The molecule has 27 heavy (non-hydrogen) atoms. The van der Waals surface area contributed by atoms with Crippen molar-refractivity contribution in [2.45, 2.75) is 70.6 Å². The first-order chi connectivity index (χ1) is 13.1. The van der Waals surface area contributed by atoms with Crippen molar-refractivity contribution in [3.05, 3.63) is 29.8 Å². The highest BCUT2D eigenvalue weighted by Crippen LogP contribution is 2.26. The van der Waals surface area contributed by atoms with Gasteiger partial charge in [0.25, 0.3) is 0 Å². The van der Waals surface area contributed by atoms with E-state index in [1.165, 1.54) is 36.6 Å². The Morgan fingerprint density at radius 1 is 1.30 bits per heavy atom. The summed E-state index contributed by atoms with van der Waals surface area (Å²) in [7, 11) is 0. The molecule has 1 amide bonds. The smallest absolute Gasteiger partial charge is 0.230 e. The van der Waals surface area contributed by atoms with Crippen LogP contribution in [-0.2, 0) is 11.3 Å². The van der Waals surface area contributed by atoms with Gasteiger partial charge >= 0.3 is 0 Å². The number of nitrogens with one attached hydrogen (secondary N) is 1. The van der Waals surface area contributed by atoms with Crippen LogP contribution >= 0.6 is 11.8 Å². The number of benzene rings is 1. The molecule has 1 aliphatic rings. The number of carbonyl (C=O) groups excluding carboxylic acids is 1. The summed E-state index contributed by atoms with van der Waals surface area (Å²) in [5.74, 6) is 1.94. The Labute approximate surface area is 166 Å². The molecule has 2 aromatic rings. The standard InChI is InChI=1S/C21H30N4OS/c1-4-12-25-20(17-10-7-8-15(2)13-17)23-24-21(25)27-14-19(26)22-18-11-6-5-9-16(18)3/h7-8,10,13,16,18H,4-6,9,11-12,14H2,1-3H3,(H,22,26)/t16-,18-/m1/s1. The van der Waals surface area contributed by atoms with Crippen LogP contribution in [0.2, 0.25) is 0 Å². The Balaban J connectivity index is 1.67. The molecule has 0 radical (unpaired) electrons. The van der Waals surface area contributed by atoms with E-state index in [4.69, 9.17) is 0 Å². The second-order valence-electron chi connectivity index (χ2n) is 7.55. The lowest BCUT2D eigenvalue weighted by molar-refractivity contribution is -0.119. The third-order valence-electron chi connectivity index (χ3n) is 5.23. The van der Waals surface area contributed by atoms with Crippen LogP contribution in [-0.4, -0.2) is 32.5 Å². The van der Waals surface area contributed by atoms with Gasteiger partial charge in [-0.2, -0.15) is 0 Å². The minimum atomic E-state index is 0.0990. The van der Waals surface area contributed by atoms with Crippen LogP contribution in [0.3, 0.4) is 0 Å². The van der Waals surface area contributed by atoms with Gasteiger partial charge in [0.05, 0.1) is 5.75 Å². The first-order valence-electron chi connectivity index (χ1n) is 10.0. The van der Waals surface area contributed by atoms with Crippen molar-refractivity contribution in [3.8, 4) is 11.4 Å². The summed E-state index contributed by atoms with van der Waals surface area (Å²) in [5.41, 5.74) is 2.28. The van der Waals surface area contributed by atoms with Crippen molar-refractivity contribution < 1.29 is 4.79 Å². The van der Waals surface area contributed by atoms with Crippen LogP contribution in [0.5, 0.6) is 0 Å². The fourth-order valence-corrected chi connectivity index (χ4v) is 4.50. The number of amides is 1. The number of hydrogen-bond donors (Lipinski definition) is 1. The molecule has 1 N–H and O–H groups in total. The number of carbonyl (C=O) groups is 1. The molecule has 3 rings (SSSR count). The number of aryl methyl sites for hydroxylation is 1. The highest BCUT2D eigenvalue weighted by atomic mass is 32.2. The van der Waals surface area contributed by atoms with Crippen molar-refractivity contribution in [2.75, 3.05) is 5.75 Å². The SMILES string of the molecule is CCCn1c(SCC(=O)N[C@@H]2CCCC[C@H]2C)nnc1-c1cccc(C)c1. The quantitative estimate of drug-likeness (QED) is 0.714. The zero-order valence-electron chi connectivity index (χ0n) is 16.6. The second-order valence-corrected chi connectivity index (χ2v) is 8.49. The lowest BCUT2D eigenvalue weighted by atomic mass is 9.86. The predicted molar refractivity (Wildman–Crippen MR) is 111 cm³/mol. The summed E-state index contributed by atoms with van der Waals surface area (Å²) in [6.07, 6.45) is 5.80. The van der Waals surface area contributed by atoms with Crippen LogP contribution in [0.1, 0.15) is 51.5 Å². The van der Waals surface area contributed by atoms with Gasteiger partial charge in [-0.3, -0.25) is 4.79 Å². The lowest BCUT2D eigenvalue weighted by Gasteiger charge is -2.29. The van der Waals surface area contributed by atoms with Gasteiger partial charge in [-0.1, -0.05) is 62.2 Å². The van der Waals surface area contributed by atoms with Crippen LogP contribution in [0.4, 0.5) is 0 Å². The van der Waals surface area contributed by atoms with E-state index in [0.717, 1.165) is 35.9 Å². The lowest BCUT2D eigenvalue weighted by Crippen LogP contribution is -2.41. The third kappa shape index (κ3) is 5.12. The van der Waals surface area contributed by atoms with Crippen molar-refractivity contribution >= 4 is 17.7 Å². The number of rotatable bonds is 7. The first kappa shape index (κ1) is 19.9. The molecular formula is C21H30N4OS. The monoisotopic (exact) mass is 386 g/mol. The molecule has 0 bridgehead atoms. The number of aromatic nitrogens is 3. The normalized spacial score (nSPS) is 19.8. The van der Waals surface area contributed by atoms with Gasteiger partial charge in [0, 0.05) is 18.2 Å². The van der Waals surface area contributed by atoms with E-state index in [2.05, 4.69) is 59.1 Å². The van der Waals surface area contributed by atoms with Gasteiger partial charge in [-0.25, -0.2) is 0 Å². The van der Waals surface area contributed by atoms with Gasteiger partial charge in [-0.05, 0) is 38.2 Å². The molecule has 2 atom stereocenters. The average molecular weight is 387 g/mol. The predicted octanol–water partition coefficient (Wildman–Crippen LogP) is 4.45. The average Bonchev–Trinajstić information content (AvgIpc) is 3.05. The highest BCUT2D eigenvalue weighted by Gasteiger charge is 2.23. The van der Waals surface area contributed by atoms with Crippen molar-refractivity contribution in [3.63, 3.8) is 0 Å². The molecule has 0 spiro atoms. The Kier molecular flexibility index (Phi) is 6.94. The molecule has 0 saturated heterocycles. The van der Waals surface area contributed by atoms with E-state index < -0.39 is 0 Å². The molecule has 1 saturated carbocycles. The fourth-order valence-electron chi connectivity index (χ4n) is 3.73. The zero-order chi connectivity index (χ0) is 19.2. The van der Waals surface area contributed by atoms with Crippen LogP contribution in [0, 0.1) is 12.8 Å². The number of thioether (sulfide) groups is 1. The van der Waals surface area contributed by atoms with Crippen LogP contribution in [0.15, 0.2) is 29.4 Å². The van der Waals surface area contributed by atoms with Crippen molar-refractivity contribution in [1.29, 1.82) is 0 Å². The molecule has 1 aromatic carbocycles. The minimum absolute atomic E-state index is 0.0990. The largest absolute Gasteiger partial charge is 0.352 e. The summed E-state index contributed by atoms with van der Waals surface area (Å²) in [4.78, 5) is 12.4. The van der Waals surface area contributed by atoms with Crippen molar-refractivity contribution in [2.24, 2.45) is 5.92 Å². The molecule has 5 nitrogen and oxygen atoms in total. The Morgan fingerprint density at radius 3 is 2.85 bits per heavy atom. The summed E-state index contributed by atoms with van der Waals surface area (Å²) < 4.78 is 2.13. The second kappa shape index (κ2) is 9.40. The summed E-state index contributed by atoms with van der Waals surface area (Å²) >= 11 is 1.48. The molecule has 1 heterocycles. The fraction of sp³-hybridized carbons (Fsp3) is 0.571. The molecule has 1 aliphatic carbocycles. The van der Waals surface area contributed by atoms with E-state index in [1.54, 1.807) is 0 Å². The molecule has 1 fully saturated rings. The van der Waals surface area contributed by atoms with Gasteiger partial charge in [0.15, 0.2) is 11.0 Å². The van der Waals surface area contributed by atoms with Crippen LogP contribution < -0.4 is 5.32 Å². The van der Waals surface area contributed by atoms with E-state index >= 15 is 0 Å². The molecule has 1 aromatic heterocycles. The number of hydrogen-bond acceptors (Lipinski definition) is 4. The Bertz CT molecular complexity index is 773. The molecule has 0 unspecified atom stereocenters. The minimum Gasteiger partial charge on any atom is -0.352 e. The third-order valence-corrected chi connectivity index (χ3v) is 6.20. The summed E-state index contributed by atoms with van der Waals surface area (Å²) in [6, 6.07) is 8.64. The molecule has 0 aliphatic heterocycles. The van der Waals surface area contributed by atoms with E-state index in [-0.39, 0.29) is 5.91 Å². The zero-order valence-corrected chi connectivity index (χ0v) is 17.4. The topological polar surface area (TPSA) is 59.8 Å². The maximum Gasteiger partial charge on any atom is 0.230 e. The van der Waals surface area contributed by atoms with E-state index in [9.17, 15) is 4.79 Å². The first-order valence-corrected chi connectivity index (χ1v) is 11.0. The maximum atomic E-state index is 12.4. The highest BCUT2D eigenvalue weighted by molar-refractivity contribution is 7.99. The van der Waals surface area contributed by atoms with Gasteiger partial charge in [0.1, 0.15) is 0 Å². The number of nitrogens with zero attached hydrogens (tertiary/aromatic N) is 3. The van der Waals surface area contributed by atoms with Crippen molar-refractivity contribution in [1.82, 2.24) is 20.1 Å². The maximum absolute atomic E-state index is 12.4. The molecular weight excluding hydrogens is 356 g/mol. The Hall–Kier alpha value is -1.82. The van der Waals surface area contributed by atoms with Gasteiger partial charge in [0.2, 0.25) is 5.91 Å².